The van der Waals surface area contributed by atoms with E-state index < -0.39 is 29.9 Å². The van der Waals surface area contributed by atoms with Crippen LogP contribution < -0.4 is 9.47 Å². The van der Waals surface area contributed by atoms with Crippen LogP contribution in [0.25, 0.3) is 0 Å². The molecule has 51 heavy (non-hydrogen) atoms. The molecule has 0 fully saturated rings. The van der Waals surface area contributed by atoms with Crippen LogP contribution in [0, 0.1) is 0 Å². The molecule has 2 unspecified atom stereocenters. The van der Waals surface area contributed by atoms with Gasteiger partial charge in [-0.2, -0.15) is 0 Å². The Labute approximate surface area is 309 Å². The van der Waals surface area contributed by atoms with E-state index in [9.17, 15) is 9.59 Å². The van der Waals surface area contributed by atoms with Crippen LogP contribution in [-0.4, -0.2) is 50.9 Å². The summed E-state index contributed by atoms with van der Waals surface area (Å²) < 4.78 is 34.4. The van der Waals surface area contributed by atoms with E-state index >= 15 is 0 Å². The average Bonchev–Trinajstić information content (AvgIpc) is 2.96. The minimum atomic E-state index is -0.649. The molecule has 288 valence electrons. The van der Waals surface area contributed by atoms with Gasteiger partial charge in [-0.1, -0.05) is 121 Å². The average molecular weight is 713 g/mol. The Balaban J connectivity index is 2.81. The van der Waals surface area contributed by atoms with Crippen molar-refractivity contribution >= 4 is 11.9 Å². The number of hydrogen-bond acceptors (Lipinski definition) is 8. The van der Waals surface area contributed by atoms with E-state index in [-0.39, 0.29) is 34.9 Å². The largest absolute Gasteiger partial charge is 0.481 e. The van der Waals surface area contributed by atoms with E-state index in [1.54, 1.807) is 13.8 Å². The van der Waals surface area contributed by atoms with Crippen molar-refractivity contribution in [3.05, 3.63) is 57.6 Å². The van der Waals surface area contributed by atoms with Gasteiger partial charge in [-0.15, -0.1) is 0 Å². The van der Waals surface area contributed by atoms with Crippen LogP contribution in [-0.2, 0) is 55.6 Å². The van der Waals surface area contributed by atoms with Crippen LogP contribution in [0.5, 0.6) is 11.5 Å². The van der Waals surface area contributed by atoms with E-state index in [1.807, 2.05) is 13.8 Å². The predicted octanol–water partition coefficient (Wildman–Crippen LogP) is 9.81. The van der Waals surface area contributed by atoms with E-state index in [0.29, 0.717) is 24.7 Å². The molecule has 0 aromatic heterocycles. The van der Waals surface area contributed by atoms with E-state index in [2.05, 4.69) is 121 Å². The van der Waals surface area contributed by atoms with Crippen molar-refractivity contribution in [2.75, 3.05) is 26.4 Å². The highest BCUT2D eigenvalue weighted by atomic mass is 16.7. The van der Waals surface area contributed by atoms with Gasteiger partial charge in [-0.05, 0) is 60.5 Å². The fourth-order valence-corrected chi connectivity index (χ4v) is 5.92. The third-order valence-corrected chi connectivity index (χ3v) is 8.92. The summed E-state index contributed by atoms with van der Waals surface area (Å²) in [4.78, 5) is 25.6. The highest BCUT2D eigenvalue weighted by Crippen LogP contribution is 2.47. The molecule has 0 N–H and O–H groups in total. The van der Waals surface area contributed by atoms with Crippen LogP contribution in [0.3, 0.4) is 0 Å². The first-order valence-electron chi connectivity index (χ1n) is 18.4. The Morgan fingerprint density at radius 2 is 0.765 bits per heavy atom. The summed E-state index contributed by atoms with van der Waals surface area (Å²) in [6.07, 6.45) is -1.30. The lowest BCUT2D eigenvalue weighted by Gasteiger charge is -2.36. The van der Waals surface area contributed by atoms with Gasteiger partial charge in [0, 0.05) is 40.9 Å². The predicted molar refractivity (Wildman–Crippen MR) is 205 cm³/mol. The lowest BCUT2D eigenvalue weighted by atomic mass is 9.69. The van der Waals surface area contributed by atoms with Gasteiger partial charge in [0.1, 0.15) is 11.5 Å². The Kier molecular flexibility index (Phi) is 14.4. The molecule has 8 nitrogen and oxygen atoms in total. The molecule has 0 amide bonds. The highest BCUT2D eigenvalue weighted by Gasteiger charge is 2.36. The van der Waals surface area contributed by atoms with Gasteiger partial charge >= 0.3 is 11.9 Å². The number of benzene rings is 2. The van der Waals surface area contributed by atoms with Crippen LogP contribution >= 0.6 is 0 Å². The monoisotopic (exact) mass is 712 g/mol. The maximum absolute atomic E-state index is 12.8. The topological polar surface area (TPSA) is 89.5 Å². The molecule has 2 aromatic carbocycles. The minimum absolute atomic E-state index is 0.226. The normalized spacial score (nSPS) is 14.2. The molecule has 0 radical (unpaired) electrons. The summed E-state index contributed by atoms with van der Waals surface area (Å²) in [6, 6.07) is 8.91. The number of hydrogen-bond donors (Lipinski definition) is 0. The maximum Gasteiger partial charge on any atom is 0.346 e. The zero-order valence-corrected chi connectivity index (χ0v) is 35.1. The Morgan fingerprint density at radius 3 is 0.980 bits per heavy atom. The van der Waals surface area contributed by atoms with Crippen molar-refractivity contribution in [1.29, 1.82) is 0 Å². The molecule has 2 rings (SSSR count). The summed E-state index contributed by atoms with van der Waals surface area (Å²) in [5.74, 6) is 0.443. The number of carbonyl (C=O) groups excluding carboxylic acids is 2. The Bertz CT molecular complexity index is 1310. The summed E-state index contributed by atoms with van der Waals surface area (Å²) >= 11 is 0. The Morgan fingerprint density at radius 1 is 0.510 bits per heavy atom. The molecular formula is C43H68O8. The van der Waals surface area contributed by atoms with Gasteiger partial charge in [-0.3, -0.25) is 0 Å². The third-order valence-electron chi connectivity index (χ3n) is 8.92. The van der Waals surface area contributed by atoms with Gasteiger partial charge < -0.3 is 28.4 Å². The maximum atomic E-state index is 12.8. The first-order valence-corrected chi connectivity index (χ1v) is 18.4. The lowest BCUT2D eigenvalue weighted by Crippen LogP contribution is -2.29. The minimum Gasteiger partial charge on any atom is -0.481 e. The molecule has 2 aromatic rings. The summed E-state index contributed by atoms with van der Waals surface area (Å²) in [5.41, 5.74) is 4.61. The molecular weight excluding hydrogens is 644 g/mol. The molecule has 0 aliphatic carbocycles. The SMILES string of the molecule is CCOC(C)OC(=O)COc1c(C(C)(C)C)cc(C(C)(C)c2cc(C(C)(C)C)c(OCC(=O)OC(C)OCC)c(C(C)(C)C)c2)cc1C(C)(C)C. The van der Waals surface area contributed by atoms with E-state index in [0.717, 1.165) is 33.4 Å². The van der Waals surface area contributed by atoms with Crippen LogP contribution in [0.4, 0.5) is 0 Å². The molecule has 0 saturated heterocycles. The smallest absolute Gasteiger partial charge is 0.346 e. The van der Waals surface area contributed by atoms with Gasteiger partial charge in [0.2, 0.25) is 0 Å². The molecule has 0 spiro atoms. The number of rotatable bonds is 14. The standard InChI is InChI=1S/C43H68O8/c1-19-46-27(3)50-35(44)25-48-37-31(39(5,6)7)21-29(22-32(37)40(8,9)10)43(17,18)30-23-33(41(11,12)13)38(34(24-30)42(14,15)16)49-26-36(45)51-28(4)47-20-2/h21-24,27-28H,19-20,25-26H2,1-18H3. The van der Waals surface area contributed by atoms with Crippen LogP contribution in [0.1, 0.15) is 158 Å². The van der Waals surface area contributed by atoms with Crippen LogP contribution in [0.15, 0.2) is 24.3 Å². The zero-order chi connectivity index (χ0) is 39.3. The zero-order valence-electron chi connectivity index (χ0n) is 35.1. The van der Waals surface area contributed by atoms with Crippen molar-refractivity contribution in [2.24, 2.45) is 0 Å². The van der Waals surface area contributed by atoms with Gasteiger partial charge in [0.25, 0.3) is 0 Å². The fourth-order valence-electron chi connectivity index (χ4n) is 5.92. The fraction of sp³-hybridized carbons (Fsp3) is 0.674. The summed E-state index contributed by atoms with van der Waals surface area (Å²) in [5, 5.41) is 0. The van der Waals surface area contributed by atoms with Crippen molar-refractivity contribution in [3.63, 3.8) is 0 Å². The molecule has 8 heteroatoms. The van der Waals surface area contributed by atoms with Gasteiger partial charge in [-0.25, -0.2) is 9.59 Å². The number of ether oxygens (including phenoxy) is 6. The molecule has 0 aliphatic rings. The van der Waals surface area contributed by atoms with E-state index in [4.69, 9.17) is 28.4 Å². The quantitative estimate of drug-likeness (QED) is 0.141. The van der Waals surface area contributed by atoms with E-state index in [1.165, 1.54) is 0 Å². The number of esters is 2. The van der Waals surface area contributed by atoms with Gasteiger partial charge in [0.15, 0.2) is 25.8 Å². The Hall–Kier alpha value is -3.10. The second kappa shape index (κ2) is 16.7. The second-order valence-electron chi connectivity index (χ2n) is 18.0. The molecule has 0 heterocycles. The summed E-state index contributed by atoms with van der Waals surface area (Å²) in [6.45, 7) is 38.0. The lowest BCUT2D eigenvalue weighted by molar-refractivity contribution is -0.177. The molecule has 0 bridgehead atoms. The first kappa shape index (κ1) is 44.1. The number of carbonyl (C=O) groups is 2. The second-order valence-corrected chi connectivity index (χ2v) is 18.0. The molecule has 2 atom stereocenters. The van der Waals surface area contributed by atoms with Crippen molar-refractivity contribution in [1.82, 2.24) is 0 Å². The van der Waals surface area contributed by atoms with Crippen molar-refractivity contribution < 1.29 is 38.0 Å². The van der Waals surface area contributed by atoms with Crippen molar-refractivity contribution in [3.8, 4) is 11.5 Å². The first-order chi connectivity index (χ1) is 23.1. The van der Waals surface area contributed by atoms with Crippen LogP contribution in [0.2, 0.25) is 0 Å². The highest BCUT2D eigenvalue weighted by molar-refractivity contribution is 5.72. The summed E-state index contributed by atoms with van der Waals surface area (Å²) in [7, 11) is 0. The van der Waals surface area contributed by atoms with Crippen molar-refractivity contribution in [2.45, 2.75) is 164 Å². The third kappa shape index (κ3) is 12.0. The van der Waals surface area contributed by atoms with Gasteiger partial charge in [0.05, 0.1) is 0 Å². The molecule has 0 saturated carbocycles. The molecule has 0 aliphatic heterocycles.